The van der Waals surface area contributed by atoms with Crippen molar-refractivity contribution < 1.29 is 34.2 Å². The van der Waals surface area contributed by atoms with Crippen LogP contribution in [0.15, 0.2) is 24.3 Å². The van der Waals surface area contributed by atoms with E-state index in [1.165, 1.54) is 24.3 Å². The fourth-order valence-electron chi connectivity index (χ4n) is 3.40. The molecule has 0 radical (unpaired) electrons. The first-order valence-corrected chi connectivity index (χ1v) is 11.3. The molecule has 0 aromatic heterocycles. The molecule has 13 heteroatoms. The maximum absolute atomic E-state index is 12.8. The van der Waals surface area contributed by atoms with Crippen LogP contribution in [0, 0.1) is 0 Å². The second-order valence-corrected chi connectivity index (χ2v) is 8.26. The number of hydrogen-bond donors (Lipinski definition) is 8. The van der Waals surface area contributed by atoms with E-state index in [4.69, 9.17) is 5.73 Å². The third-order valence-electron chi connectivity index (χ3n) is 5.22. The molecule has 0 saturated carbocycles. The molecule has 1 fully saturated rings. The number of phenolic OH excluding ortho intramolecular Hbond substituents is 1. The van der Waals surface area contributed by atoms with Gasteiger partial charge in [0.2, 0.25) is 23.6 Å². The number of hydrogen-bond acceptors (Lipinski definition) is 8. The predicted octanol–water partition coefficient (Wildman–Crippen LogP) is -1.97. The van der Waals surface area contributed by atoms with Crippen LogP contribution in [-0.4, -0.2) is 76.3 Å². The summed E-state index contributed by atoms with van der Waals surface area (Å²) in [6, 6.07) is 1.38. The number of nitrogens with two attached hydrogens (primary N) is 1. The monoisotopic (exact) mass is 495 g/mol. The molecule has 34 heavy (non-hydrogen) atoms. The highest BCUT2D eigenvalue weighted by molar-refractivity contribution is 7.80. The molecule has 8 N–H and O–H groups in total. The molecule has 0 spiro atoms. The number of rotatable bonds is 12. The van der Waals surface area contributed by atoms with Crippen molar-refractivity contribution in [1.29, 1.82) is 0 Å². The zero-order valence-electron chi connectivity index (χ0n) is 18.3. The lowest BCUT2D eigenvalue weighted by atomic mass is 10.0. The summed E-state index contributed by atoms with van der Waals surface area (Å²) in [5.74, 6) is -4.40. The third kappa shape index (κ3) is 8.23. The van der Waals surface area contributed by atoms with Crippen molar-refractivity contribution in [2.75, 3.05) is 12.3 Å². The average molecular weight is 496 g/mol. The molecule has 186 valence electrons. The summed E-state index contributed by atoms with van der Waals surface area (Å²) in [5, 5.41) is 29.1. The molecule has 12 nitrogen and oxygen atoms in total. The van der Waals surface area contributed by atoms with Gasteiger partial charge in [-0.15, -0.1) is 0 Å². The van der Waals surface area contributed by atoms with Crippen LogP contribution in [0.2, 0.25) is 0 Å². The van der Waals surface area contributed by atoms with Gasteiger partial charge in [-0.25, -0.2) is 4.79 Å². The van der Waals surface area contributed by atoms with E-state index in [0.717, 1.165) is 6.42 Å². The fourth-order valence-corrected chi connectivity index (χ4v) is 3.65. The number of nitrogens with one attached hydrogen (secondary N) is 4. The highest BCUT2D eigenvalue weighted by atomic mass is 32.1. The van der Waals surface area contributed by atoms with E-state index >= 15 is 0 Å². The number of benzene rings is 1. The molecule has 2 rings (SSSR count). The van der Waals surface area contributed by atoms with Crippen LogP contribution >= 0.6 is 12.6 Å². The molecule has 0 bridgehead atoms. The minimum atomic E-state index is -1.46. The number of carbonyl (C=O) groups is 5. The van der Waals surface area contributed by atoms with Crippen molar-refractivity contribution in [1.82, 2.24) is 21.3 Å². The summed E-state index contributed by atoms with van der Waals surface area (Å²) in [5.41, 5.74) is 5.73. The number of aromatic hydroxyl groups is 1. The molecule has 4 unspecified atom stereocenters. The minimum Gasteiger partial charge on any atom is -0.508 e. The summed E-state index contributed by atoms with van der Waals surface area (Å²) >= 11 is 4.08. The molecule has 1 aliphatic rings. The molecule has 1 saturated heterocycles. The van der Waals surface area contributed by atoms with Crippen LogP contribution in [0.25, 0.3) is 0 Å². The molecule has 4 atom stereocenters. The van der Waals surface area contributed by atoms with E-state index in [-0.39, 0.29) is 23.8 Å². The van der Waals surface area contributed by atoms with E-state index in [1.54, 1.807) is 0 Å². The highest BCUT2D eigenvalue weighted by Crippen LogP contribution is 2.12. The van der Waals surface area contributed by atoms with Crippen molar-refractivity contribution in [3.63, 3.8) is 0 Å². The number of primary amides is 1. The second kappa shape index (κ2) is 12.8. The topological polar surface area (TPSA) is 200 Å². The Morgan fingerprint density at radius 1 is 1.03 bits per heavy atom. The summed E-state index contributed by atoms with van der Waals surface area (Å²) in [7, 11) is 0. The largest absolute Gasteiger partial charge is 0.508 e. The van der Waals surface area contributed by atoms with Gasteiger partial charge in [0.05, 0.1) is 12.5 Å². The maximum Gasteiger partial charge on any atom is 0.326 e. The van der Waals surface area contributed by atoms with Gasteiger partial charge in [0.1, 0.15) is 23.9 Å². The summed E-state index contributed by atoms with van der Waals surface area (Å²) < 4.78 is 0. The molecular weight excluding hydrogens is 466 g/mol. The Morgan fingerprint density at radius 3 is 2.18 bits per heavy atom. The van der Waals surface area contributed by atoms with E-state index in [9.17, 15) is 34.2 Å². The Morgan fingerprint density at radius 2 is 1.65 bits per heavy atom. The minimum absolute atomic E-state index is 0.00144. The van der Waals surface area contributed by atoms with Gasteiger partial charge >= 0.3 is 5.97 Å². The Kier molecular flexibility index (Phi) is 10.1. The van der Waals surface area contributed by atoms with Crippen molar-refractivity contribution in [2.24, 2.45) is 5.73 Å². The second-order valence-electron chi connectivity index (χ2n) is 7.89. The summed E-state index contributed by atoms with van der Waals surface area (Å²) in [4.78, 5) is 60.9. The van der Waals surface area contributed by atoms with Crippen LogP contribution in [0.1, 0.15) is 24.8 Å². The van der Waals surface area contributed by atoms with Crippen LogP contribution in [-0.2, 0) is 30.4 Å². The van der Waals surface area contributed by atoms with E-state index < -0.39 is 54.3 Å². The Hall–Kier alpha value is -3.32. The van der Waals surface area contributed by atoms with Crippen molar-refractivity contribution in [3.05, 3.63) is 29.8 Å². The van der Waals surface area contributed by atoms with E-state index in [1.807, 2.05) is 0 Å². The third-order valence-corrected chi connectivity index (χ3v) is 5.59. The van der Waals surface area contributed by atoms with Gasteiger partial charge in [0.15, 0.2) is 0 Å². The molecule has 1 aromatic carbocycles. The van der Waals surface area contributed by atoms with Gasteiger partial charge < -0.3 is 37.2 Å². The van der Waals surface area contributed by atoms with Gasteiger partial charge in [-0.3, -0.25) is 19.2 Å². The fraction of sp³-hybridized carbons (Fsp3) is 0.476. The lowest BCUT2D eigenvalue weighted by molar-refractivity contribution is -0.142. The first kappa shape index (κ1) is 26.9. The normalized spacial score (nSPS) is 17.7. The Bertz CT molecular complexity index is 905. The van der Waals surface area contributed by atoms with Gasteiger partial charge in [-0.05, 0) is 37.1 Å². The van der Waals surface area contributed by atoms with Crippen molar-refractivity contribution >= 4 is 42.2 Å². The zero-order valence-corrected chi connectivity index (χ0v) is 19.2. The number of amides is 4. The van der Waals surface area contributed by atoms with Crippen LogP contribution < -0.4 is 27.0 Å². The smallest absolute Gasteiger partial charge is 0.326 e. The number of thiol groups is 1. The predicted molar refractivity (Wildman–Crippen MR) is 124 cm³/mol. The molecule has 1 heterocycles. The van der Waals surface area contributed by atoms with Crippen LogP contribution in [0.4, 0.5) is 0 Å². The first-order valence-electron chi connectivity index (χ1n) is 10.6. The molecule has 1 aliphatic heterocycles. The summed E-state index contributed by atoms with van der Waals surface area (Å²) in [6.07, 6.45) is 0.755. The number of aliphatic carboxylic acids is 1. The maximum atomic E-state index is 12.8. The Balaban J connectivity index is 2.06. The first-order chi connectivity index (χ1) is 16.1. The van der Waals surface area contributed by atoms with Crippen LogP contribution in [0.5, 0.6) is 5.75 Å². The Labute approximate surface area is 201 Å². The number of phenols is 1. The van der Waals surface area contributed by atoms with Gasteiger partial charge in [-0.1, -0.05) is 12.1 Å². The van der Waals surface area contributed by atoms with Gasteiger partial charge in [0.25, 0.3) is 0 Å². The number of carboxylic acid groups (broad SMARTS) is 1. The molecule has 4 amide bonds. The molecule has 0 aliphatic carbocycles. The quantitative estimate of drug-likeness (QED) is 0.153. The standard InChI is InChI=1S/C21H29N5O7S/c22-17(28)9-14(24-20(31)16(10-34)26-18(29)13-2-1-7-23-13)19(30)25-15(21(32)33)8-11-3-5-12(27)6-4-11/h3-6,13-16,23,27,34H,1-2,7-10H2,(H2,22,28)(H,24,31)(H,25,30)(H,26,29)(H,32,33). The number of carboxylic acids is 1. The lowest BCUT2D eigenvalue weighted by Crippen LogP contribution is -2.58. The molecular formula is C21H29N5O7S. The average Bonchev–Trinajstić information content (AvgIpc) is 3.32. The van der Waals surface area contributed by atoms with Gasteiger partial charge in [-0.2, -0.15) is 12.6 Å². The highest BCUT2D eigenvalue weighted by Gasteiger charge is 2.31. The number of carbonyl (C=O) groups excluding carboxylic acids is 4. The SMILES string of the molecule is NC(=O)CC(NC(=O)C(CS)NC(=O)C1CCCN1)C(=O)NC(Cc1ccc(O)cc1)C(=O)O. The van der Waals surface area contributed by atoms with Gasteiger partial charge in [0, 0.05) is 12.2 Å². The van der Waals surface area contributed by atoms with E-state index in [0.29, 0.717) is 18.5 Å². The lowest BCUT2D eigenvalue weighted by Gasteiger charge is -2.24. The van der Waals surface area contributed by atoms with Crippen LogP contribution in [0.3, 0.4) is 0 Å². The zero-order chi connectivity index (χ0) is 25.3. The summed E-state index contributed by atoms with van der Waals surface area (Å²) in [6.45, 7) is 0.686. The van der Waals surface area contributed by atoms with Crippen molar-refractivity contribution in [3.8, 4) is 5.75 Å². The molecule has 1 aromatic rings. The van der Waals surface area contributed by atoms with E-state index in [2.05, 4.69) is 33.9 Å². The van der Waals surface area contributed by atoms with Crippen molar-refractivity contribution in [2.45, 2.75) is 49.9 Å².